The summed E-state index contributed by atoms with van der Waals surface area (Å²) in [6.07, 6.45) is 3.88. The standard InChI is InChI=1S/C20H18ClIN2O2/c21-15-7-9-18(22)19(12-15)23-16(13-25)8-6-14-10-11-24(20(14)26)17-4-2-1-3-5-17/h1-7,9,12-13,16,23H,8,10-11H2/b14-6+/t16-/m1/s1. The van der Waals surface area contributed by atoms with Gasteiger partial charge in [-0.1, -0.05) is 35.9 Å². The molecule has 0 bridgehead atoms. The van der Waals surface area contributed by atoms with Gasteiger partial charge in [0.15, 0.2) is 0 Å². The van der Waals surface area contributed by atoms with E-state index >= 15 is 0 Å². The zero-order valence-corrected chi connectivity index (χ0v) is 16.9. The zero-order valence-electron chi connectivity index (χ0n) is 14.0. The van der Waals surface area contributed by atoms with E-state index in [1.54, 1.807) is 11.0 Å². The molecule has 1 N–H and O–H groups in total. The van der Waals surface area contributed by atoms with Crippen molar-refractivity contribution in [3.63, 3.8) is 0 Å². The number of benzene rings is 2. The van der Waals surface area contributed by atoms with Crippen LogP contribution >= 0.6 is 34.2 Å². The molecule has 0 saturated carbocycles. The van der Waals surface area contributed by atoms with E-state index < -0.39 is 6.04 Å². The predicted molar refractivity (Wildman–Crippen MR) is 114 cm³/mol. The Morgan fingerprint density at radius 1 is 1.23 bits per heavy atom. The predicted octanol–water partition coefficient (Wildman–Crippen LogP) is 4.68. The van der Waals surface area contributed by atoms with E-state index in [1.807, 2.05) is 48.5 Å². The molecular weight excluding hydrogens is 463 g/mol. The van der Waals surface area contributed by atoms with Gasteiger partial charge in [-0.2, -0.15) is 0 Å². The second-order valence-corrected chi connectivity index (χ2v) is 7.62. The van der Waals surface area contributed by atoms with E-state index in [4.69, 9.17) is 11.6 Å². The quantitative estimate of drug-likeness (QED) is 0.371. The third-order valence-electron chi connectivity index (χ3n) is 4.24. The maximum atomic E-state index is 12.6. The largest absolute Gasteiger partial charge is 0.374 e. The summed E-state index contributed by atoms with van der Waals surface area (Å²) in [7, 11) is 0. The molecule has 6 heteroatoms. The Kier molecular flexibility index (Phi) is 6.32. The van der Waals surface area contributed by atoms with Gasteiger partial charge in [0.2, 0.25) is 0 Å². The van der Waals surface area contributed by atoms with Crippen LogP contribution in [0.1, 0.15) is 12.8 Å². The Labute approximate surface area is 171 Å². The monoisotopic (exact) mass is 480 g/mol. The third-order valence-corrected chi connectivity index (χ3v) is 5.42. The zero-order chi connectivity index (χ0) is 18.5. The van der Waals surface area contributed by atoms with Crippen LogP contribution in [0.4, 0.5) is 11.4 Å². The van der Waals surface area contributed by atoms with Crippen molar-refractivity contribution >= 4 is 57.8 Å². The van der Waals surface area contributed by atoms with Gasteiger partial charge in [-0.05, 0) is 65.8 Å². The smallest absolute Gasteiger partial charge is 0.253 e. The first-order chi connectivity index (χ1) is 12.6. The molecule has 0 aromatic heterocycles. The summed E-state index contributed by atoms with van der Waals surface area (Å²) in [6, 6.07) is 14.7. The average Bonchev–Trinajstić information content (AvgIpc) is 3.02. The van der Waals surface area contributed by atoms with Gasteiger partial charge in [0.05, 0.1) is 6.04 Å². The molecule has 1 atom stereocenters. The number of carbonyl (C=O) groups is 2. The summed E-state index contributed by atoms with van der Waals surface area (Å²) >= 11 is 8.22. The number of rotatable bonds is 6. The van der Waals surface area contributed by atoms with Crippen LogP contribution < -0.4 is 10.2 Å². The Morgan fingerprint density at radius 2 is 2.00 bits per heavy atom. The summed E-state index contributed by atoms with van der Waals surface area (Å²) in [6.45, 7) is 0.667. The van der Waals surface area contributed by atoms with Crippen molar-refractivity contribution in [1.82, 2.24) is 0 Å². The van der Waals surface area contributed by atoms with E-state index in [-0.39, 0.29) is 5.91 Å². The number of anilines is 2. The molecule has 3 rings (SSSR count). The molecule has 1 amide bonds. The van der Waals surface area contributed by atoms with Crippen molar-refractivity contribution in [3.8, 4) is 0 Å². The van der Waals surface area contributed by atoms with E-state index in [2.05, 4.69) is 27.9 Å². The Morgan fingerprint density at radius 3 is 2.73 bits per heavy atom. The molecule has 134 valence electrons. The molecular formula is C20H18ClIN2O2. The van der Waals surface area contributed by atoms with Gasteiger partial charge in [0.1, 0.15) is 6.29 Å². The number of hydrogen-bond acceptors (Lipinski definition) is 3. The Hall–Kier alpha value is -1.86. The van der Waals surface area contributed by atoms with Crippen molar-refractivity contribution in [2.45, 2.75) is 18.9 Å². The van der Waals surface area contributed by atoms with Crippen LogP contribution in [0.15, 0.2) is 60.2 Å². The molecule has 2 aromatic carbocycles. The maximum Gasteiger partial charge on any atom is 0.253 e. The fourth-order valence-electron chi connectivity index (χ4n) is 2.88. The fraction of sp³-hybridized carbons (Fsp3) is 0.200. The second-order valence-electron chi connectivity index (χ2n) is 6.02. The number of para-hydroxylation sites is 1. The summed E-state index contributed by atoms with van der Waals surface area (Å²) in [4.78, 5) is 25.8. The molecule has 1 saturated heterocycles. The minimum absolute atomic E-state index is 0.0122. The van der Waals surface area contributed by atoms with Gasteiger partial charge in [-0.3, -0.25) is 4.79 Å². The molecule has 4 nitrogen and oxygen atoms in total. The molecule has 1 fully saturated rings. The number of nitrogens with one attached hydrogen (secondary N) is 1. The lowest BCUT2D eigenvalue weighted by Gasteiger charge is -2.15. The minimum atomic E-state index is -0.409. The van der Waals surface area contributed by atoms with Crippen LogP contribution in [0, 0.1) is 3.57 Å². The number of aldehydes is 1. The lowest BCUT2D eigenvalue weighted by molar-refractivity contribution is -0.114. The Balaban J connectivity index is 1.67. The normalized spacial score (nSPS) is 16.8. The summed E-state index contributed by atoms with van der Waals surface area (Å²) in [5.41, 5.74) is 2.47. The first-order valence-corrected chi connectivity index (χ1v) is 9.77. The number of amides is 1. The number of hydrogen-bond donors (Lipinski definition) is 1. The van der Waals surface area contributed by atoms with Crippen LogP contribution in [0.25, 0.3) is 0 Å². The SMILES string of the molecule is O=C[C@@H](C/C=C1\CCN(c2ccccc2)C1=O)Nc1cc(Cl)ccc1I. The molecule has 2 aromatic rings. The van der Waals surface area contributed by atoms with Gasteiger partial charge in [-0.25, -0.2) is 0 Å². The van der Waals surface area contributed by atoms with E-state index in [1.165, 1.54) is 0 Å². The molecule has 0 unspecified atom stereocenters. The highest BCUT2D eigenvalue weighted by atomic mass is 127. The van der Waals surface area contributed by atoms with Crippen molar-refractivity contribution in [1.29, 1.82) is 0 Å². The van der Waals surface area contributed by atoms with E-state index in [9.17, 15) is 9.59 Å². The molecule has 0 aliphatic carbocycles. The number of nitrogens with zero attached hydrogens (tertiary/aromatic N) is 1. The number of halogens is 2. The highest BCUT2D eigenvalue weighted by Gasteiger charge is 2.26. The average molecular weight is 481 g/mol. The maximum absolute atomic E-state index is 12.6. The second kappa shape index (κ2) is 8.68. The van der Waals surface area contributed by atoms with Gasteiger partial charge in [0, 0.05) is 32.1 Å². The molecule has 0 spiro atoms. The van der Waals surface area contributed by atoms with Crippen molar-refractivity contribution in [2.75, 3.05) is 16.8 Å². The van der Waals surface area contributed by atoms with Crippen molar-refractivity contribution in [2.24, 2.45) is 0 Å². The molecule has 26 heavy (non-hydrogen) atoms. The van der Waals surface area contributed by atoms with Crippen molar-refractivity contribution < 1.29 is 9.59 Å². The molecule has 1 heterocycles. The fourth-order valence-corrected chi connectivity index (χ4v) is 3.55. The van der Waals surface area contributed by atoms with Gasteiger partial charge < -0.3 is 15.0 Å². The first-order valence-electron chi connectivity index (χ1n) is 8.31. The molecule has 1 aliphatic rings. The molecule has 0 radical (unpaired) electrons. The third kappa shape index (κ3) is 4.45. The number of carbonyl (C=O) groups excluding carboxylic acids is 2. The first kappa shape index (κ1) is 18.9. The van der Waals surface area contributed by atoms with Gasteiger partial charge in [-0.15, -0.1) is 0 Å². The van der Waals surface area contributed by atoms with E-state index in [0.29, 0.717) is 24.4 Å². The minimum Gasteiger partial charge on any atom is -0.374 e. The lowest BCUT2D eigenvalue weighted by atomic mass is 10.1. The van der Waals surface area contributed by atoms with Gasteiger partial charge in [0.25, 0.3) is 5.91 Å². The summed E-state index contributed by atoms with van der Waals surface area (Å²) in [5.74, 6) is 0.0122. The van der Waals surface area contributed by atoms with Crippen LogP contribution in [0.3, 0.4) is 0 Å². The van der Waals surface area contributed by atoms with E-state index in [0.717, 1.165) is 26.8 Å². The van der Waals surface area contributed by atoms with Crippen LogP contribution in [0.2, 0.25) is 5.02 Å². The van der Waals surface area contributed by atoms with Crippen LogP contribution in [-0.4, -0.2) is 24.8 Å². The van der Waals surface area contributed by atoms with Gasteiger partial charge >= 0.3 is 0 Å². The molecule has 1 aliphatic heterocycles. The van der Waals surface area contributed by atoms with Crippen LogP contribution in [-0.2, 0) is 9.59 Å². The van der Waals surface area contributed by atoms with Crippen LogP contribution in [0.5, 0.6) is 0 Å². The highest BCUT2D eigenvalue weighted by Crippen LogP contribution is 2.26. The van der Waals surface area contributed by atoms with Crippen molar-refractivity contribution in [3.05, 3.63) is 68.8 Å². The topological polar surface area (TPSA) is 49.4 Å². The highest BCUT2D eigenvalue weighted by molar-refractivity contribution is 14.1. The lowest BCUT2D eigenvalue weighted by Crippen LogP contribution is -2.24. The summed E-state index contributed by atoms with van der Waals surface area (Å²) < 4.78 is 0.985. The summed E-state index contributed by atoms with van der Waals surface area (Å²) in [5, 5.41) is 3.80. The Bertz CT molecular complexity index is 839.